The normalized spacial score (nSPS) is 11.3. The smallest absolute Gasteiger partial charge is 0.168 e. The molecule has 0 saturated carbocycles. The molecule has 4 rings (SSSR count). The molecule has 0 aliphatic rings. The number of nitrogens with zero attached hydrogens (tertiary/aromatic N) is 5. The topological polar surface area (TPSA) is 47.5 Å². The van der Waals surface area contributed by atoms with E-state index in [1.165, 1.54) is 0 Å². The van der Waals surface area contributed by atoms with E-state index in [4.69, 9.17) is 0 Å². The highest BCUT2D eigenvalue weighted by atomic mass is 15.2. The molecule has 0 fully saturated rings. The van der Waals surface area contributed by atoms with Gasteiger partial charge in [0, 0.05) is 29.7 Å². The number of hydrogen-bond acceptors (Lipinski definition) is 3. The average Bonchev–Trinajstić information content (AvgIpc) is 3.06. The van der Waals surface area contributed by atoms with Gasteiger partial charge in [-0.1, -0.05) is 0 Å². The van der Waals surface area contributed by atoms with Crippen molar-refractivity contribution in [3.8, 4) is 11.1 Å². The Balaban J connectivity index is 2.13. The summed E-state index contributed by atoms with van der Waals surface area (Å²) in [5.74, 6) is 0. The van der Waals surface area contributed by atoms with Crippen LogP contribution in [0.4, 0.5) is 0 Å². The lowest BCUT2D eigenvalue weighted by Gasteiger charge is -2.04. The van der Waals surface area contributed by atoms with Crippen LogP contribution in [-0.2, 0) is 0 Å². The summed E-state index contributed by atoms with van der Waals surface area (Å²) in [6.07, 6.45) is 7.27. The molecular weight excluding hydrogens is 226 g/mol. The molecule has 0 N–H and O–H groups in total. The van der Waals surface area contributed by atoms with Crippen molar-refractivity contribution in [2.24, 2.45) is 0 Å². The maximum atomic E-state index is 4.23. The molecule has 0 aliphatic heterocycles. The third kappa shape index (κ3) is 1.18. The molecule has 0 aromatic carbocycles. The van der Waals surface area contributed by atoms with Crippen LogP contribution in [0, 0.1) is 6.07 Å². The first-order valence-electron chi connectivity index (χ1n) is 5.56. The van der Waals surface area contributed by atoms with Crippen LogP contribution < -0.4 is 0 Å². The Bertz CT molecular complexity index is 770. The van der Waals surface area contributed by atoms with Crippen molar-refractivity contribution in [3.63, 3.8) is 0 Å². The molecule has 4 aromatic heterocycles. The monoisotopic (exact) mass is 234 g/mol. The van der Waals surface area contributed by atoms with Crippen LogP contribution in [-0.4, -0.2) is 24.2 Å². The van der Waals surface area contributed by atoms with E-state index in [0.29, 0.717) is 0 Å². The second kappa shape index (κ2) is 3.40. The van der Waals surface area contributed by atoms with Crippen LogP contribution in [0.2, 0.25) is 0 Å². The van der Waals surface area contributed by atoms with Crippen LogP contribution in [0.5, 0.6) is 0 Å². The maximum Gasteiger partial charge on any atom is 0.168 e. The second-order valence-electron chi connectivity index (χ2n) is 3.98. The Morgan fingerprint density at radius 3 is 3.17 bits per heavy atom. The van der Waals surface area contributed by atoms with Crippen LogP contribution in [0.1, 0.15) is 0 Å². The van der Waals surface area contributed by atoms with E-state index >= 15 is 0 Å². The highest BCUT2D eigenvalue weighted by molar-refractivity contribution is 5.86. The lowest BCUT2D eigenvalue weighted by atomic mass is 10.1. The van der Waals surface area contributed by atoms with Gasteiger partial charge in [-0.05, 0) is 30.3 Å². The minimum absolute atomic E-state index is 0.822. The Morgan fingerprint density at radius 2 is 2.17 bits per heavy atom. The van der Waals surface area contributed by atoms with Crippen LogP contribution in [0.15, 0.2) is 49.2 Å². The Labute approximate surface area is 102 Å². The zero-order valence-corrected chi connectivity index (χ0v) is 9.35. The van der Waals surface area contributed by atoms with Gasteiger partial charge in [0.1, 0.15) is 6.33 Å². The van der Waals surface area contributed by atoms with Crippen molar-refractivity contribution >= 4 is 11.2 Å². The average molecular weight is 234 g/mol. The number of fused-ring (bicyclic) bond motifs is 2. The molecule has 0 atom stereocenters. The summed E-state index contributed by atoms with van der Waals surface area (Å²) in [5.41, 5.74) is 3.81. The number of hydrogen-bond donors (Lipinski definition) is 0. The quantitative estimate of drug-likeness (QED) is 0.505. The largest absolute Gasteiger partial charge is 0.289 e. The SMILES string of the molecule is [c]1ccn2nccc2c1-c1cccn2cnnc12. The van der Waals surface area contributed by atoms with E-state index in [2.05, 4.69) is 21.4 Å². The van der Waals surface area contributed by atoms with Gasteiger partial charge in [0.25, 0.3) is 0 Å². The van der Waals surface area contributed by atoms with E-state index in [9.17, 15) is 0 Å². The zero-order chi connectivity index (χ0) is 11.9. The van der Waals surface area contributed by atoms with E-state index < -0.39 is 0 Å². The fourth-order valence-corrected chi connectivity index (χ4v) is 2.16. The molecule has 4 heterocycles. The highest BCUT2D eigenvalue weighted by Crippen LogP contribution is 2.26. The number of rotatable bonds is 1. The molecule has 0 bridgehead atoms. The first kappa shape index (κ1) is 9.35. The summed E-state index contributed by atoms with van der Waals surface area (Å²) in [7, 11) is 0. The van der Waals surface area contributed by atoms with Gasteiger partial charge >= 0.3 is 0 Å². The Kier molecular flexibility index (Phi) is 1.77. The second-order valence-corrected chi connectivity index (χ2v) is 3.98. The van der Waals surface area contributed by atoms with Crippen molar-refractivity contribution in [2.75, 3.05) is 0 Å². The van der Waals surface area contributed by atoms with E-state index in [1.807, 2.05) is 45.6 Å². The molecule has 0 spiro atoms. The van der Waals surface area contributed by atoms with Gasteiger partial charge in [0.15, 0.2) is 5.65 Å². The summed E-state index contributed by atoms with van der Waals surface area (Å²) in [6.45, 7) is 0. The first-order valence-corrected chi connectivity index (χ1v) is 5.56. The Morgan fingerprint density at radius 1 is 1.17 bits per heavy atom. The summed E-state index contributed by atoms with van der Waals surface area (Å²) >= 11 is 0. The Hall–Kier alpha value is -2.69. The van der Waals surface area contributed by atoms with E-state index in [0.717, 1.165) is 22.3 Å². The molecule has 5 nitrogen and oxygen atoms in total. The highest BCUT2D eigenvalue weighted by Gasteiger charge is 2.09. The molecule has 1 radical (unpaired) electrons. The summed E-state index contributed by atoms with van der Waals surface area (Å²) in [4.78, 5) is 0. The molecule has 18 heavy (non-hydrogen) atoms. The summed E-state index contributed by atoms with van der Waals surface area (Å²) in [6, 6.07) is 11.1. The number of aromatic nitrogens is 5. The molecule has 0 unspecified atom stereocenters. The zero-order valence-electron chi connectivity index (χ0n) is 9.35. The summed E-state index contributed by atoms with van der Waals surface area (Å²) in [5, 5.41) is 12.3. The van der Waals surface area contributed by atoms with E-state index in [-0.39, 0.29) is 0 Å². The van der Waals surface area contributed by atoms with Crippen molar-refractivity contribution in [1.82, 2.24) is 24.2 Å². The molecule has 4 aromatic rings. The first-order chi connectivity index (χ1) is 8.93. The molecule has 5 heteroatoms. The molecule has 0 amide bonds. The molecular formula is C13H8N5. The van der Waals surface area contributed by atoms with Crippen molar-refractivity contribution in [2.45, 2.75) is 0 Å². The predicted octanol–water partition coefficient (Wildman–Crippen LogP) is 1.84. The van der Waals surface area contributed by atoms with E-state index in [1.54, 1.807) is 12.5 Å². The van der Waals surface area contributed by atoms with Gasteiger partial charge in [-0.3, -0.25) is 4.40 Å². The van der Waals surface area contributed by atoms with Crippen molar-refractivity contribution in [3.05, 3.63) is 55.2 Å². The minimum atomic E-state index is 0.822. The molecule has 0 saturated heterocycles. The van der Waals surface area contributed by atoms with Crippen molar-refractivity contribution < 1.29 is 0 Å². The van der Waals surface area contributed by atoms with Gasteiger partial charge in [0.05, 0.1) is 5.52 Å². The standard InChI is InChI=1S/C13H8N5/c1-4-11(13-16-14-9-17(13)7-1)10-3-2-8-18-12(10)5-6-15-18/h1-2,4-9H. The fourth-order valence-electron chi connectivity index (χ4n) is 2.16. The van der Waals surface area contributed by atoms with Gasteiger partial charge in [-0.15, -0.1) is 10.2 Å². The molecule has 0 aliphatic carbocycles. The van der Waals surface area contributed by atoms with Crippen LogP contribution in [0.25, 0.3) is 22.3 Å². The molecule has 85 valence electrons. The van der Waals surface area contributed by atoms with Crippen LogP contribution in [0.3, 0.4) is 0 Å². The lowest BCUT2D eigenvalue weighted by molar-refractivity contribution is 0.961. The van der Waals surface area contributed by atoms with Crippen molar-refractivity contribution in [1.29, 1.82) is 0 Å². The third-order valence-electron chi connectivity index (χ3n) is 2.96. The third-order valence-corrected chi connectivity index (χ3v) is 2.96. The minimum Gasteiger partial charge on any atom is -0.289 e. The fraction of sp³-hybridized carbons (Fsp3) is 0. The maximum absolute atomic E-state index is 4.23. The van der Waals surface area contributed by atoms with Gasteiger partial charge in [-0.2, -0.15) is 5.10 Å². The summed E-state index contributed by atoms with van der Waals surface area (Å²) < 4.78 is 3.72. The lowest BCUT2D eigenvalue weighted by Crippen LogP contribution is -1.92. The van der Waals surface area contributed by atoms with Crippen LogP contribution >= 0.6 is 0 Å². The van der Waals surface area contributed by atoms with Gasteiger partial charge < -0.3 is 0 Å². The predicted molar refractivity (Wildman–Crippen MR) is 66.0 cm³/mol. The van der Waals surface area contributed by atoms with Gasteiger partial charge in [0.2, 0.25) is 0 Å². The number of pyridine rings is 2. The van der Waals surface area contributed by atoms with Gasteiger partial charge in [-0.25, -0.2) is 4.52 Å².